The monoisotopic (exact) mass is 288 g/mol. The molecule has 0 unspecified atom stereocenters. The Hall–Kier alpha value is -1.82. The number of alkyl halides is 3. The summed E-state index contributed by atoms with van der Waals surface area (Å²) in [5.41, 5.74) is 1.69. The first kappa shape index (κ1) is 13.6. The van der Waals surface area contributed by atoms with Gasteiger partial charge < -0.3 is 4.74 Å². The van der Waals surface area contributed by atoms with Gasteiger partial charge in [0.15, 0.2) is 0 Å². The highest BCUT2D eigenvalue weighted by Crippen LogP contribution is 2.29. The summed E-state index contributed by atoms with van der Waals surface area (Å²) in [6, 6.07) is 5.60. The van der Waals surface area contributed by atoms with Crippen LogP contribution in [0.1, 0.15) is 5.69 Å². The average Bonchev–Trinajstić information content (AvgIpc) is 2.26. The molecule has 2 aromatic rings. The molecular formula is C12H8ClF3N2O. The maximum atomic E-state index is 12.1. The molecular weight excluding hydrogens is 281 g/mol. The lowest BCUT2D eigenvalue weighted by Gasteiger charge is -2.10. The zero-order chi connectivity index (χ0) is 14.0. The van der Waals surface area contributed by atoms with Gasteiger partial charge in [-0.3, -0.25) is 0 Å². The Bertz CT molecular complexity index is 602. The summed E-state index contributed by atoms with van der Waals surface area (Å²) in [7, 11) is 0. The summed E-state index contributed by atoms with van der Waals surface area (Å²) in [5.74, 6) is -0.292. The maximum Gasteiger partial charge on any atom is 0.573 e. The summed E-state index contributed by atoms with van der Waals surface area (Å²) >= 11 is 5.63. The Kier molecular flexibility index (Phi) is 3.61. The predicted octanol–water partition coefficient (Wildman–Crippen LogP) is 4.00. The van der Waals surface area contributed by atoms with E-state index in [4.69, 9.17) is 11.6 Å². The molecule has 0 aliphatic carbocycles. The van der Waals surface area contributed by atoms with Crippen LogP contribution in [0, 0.1) is 6.92 Å². The maximum absolute atomic E-state index is 12.1. The zero-order valence-corrected chi connectivity index (χ0v) is 10.5. The van der Waals surface area contributed by atoms with E-state index in [1.165, 1.54) is 24.4 Å². The van der Waals surface area contributed by atoms with Gasteiger partial charge in [-0.05, 0) is 36.2 Å². The van der Waals surface area contributed by atoms with Crippen LogP contribution in [0.4, 0.5) is 13.2 Å². The van der Waals surface area contributed by atoms with Crippen molar-refractivity contribution in [3.63, 3.8) is 0 Å². The molecule has 0 N–H and O–H groups in total. The standard InChI is InChI=1S/C12H8ClF3N2O/c1-7-10(6-17-11(13)18-7)8-3-2-4-9(5-8)19-12(14,15)16/h2-6H,1H3. The van der Waals surface area contributed by atoms with Gasteiger partial charge in [-0.2, -0.15) is 0 Å². The Labute approximate surface area is 112 Å². The lowest BCUT2D eigenvalue weighted by Crippen LogP contribution is -2.17. The molecule has 1 heterocycles. The van der Waals surface area contributed by atoms with Crippen LogP contribution in [0.2, 0.25) is 5.28 Å². The highest BCUT2D eigenvalue weighted by molar-refractivity contribution is 6.28. The van der Waals surface area contributed by atoms with Gasteiger partial charge in [0.1, 0.15) is 5.75 Å². The number of ether oxygens (including phenoxy) is 1. The predicted molar refractivity (Wildman–Crippen MR) is 63.9 cm³/mol. The Morgan fingerprint density at radius 2 is 2.00 bits per heavy atom. The number of hydrogen-bond donors (Lipinski definition) is 0. The van der Waals surface area contributed by atoms with Crippen molar-refractivity contribution in [1.82, 2.24) is 9.97 Å². The molecule has 0 saturated carbocycles. The van der Waals surface area contributed by atoms with Crippen molar-refractivity contribution in [1.29, 1.82) is 0 Å². The van der Waals surface area contributed by atoms with Crippen molar-refractivity contribution in [2.45, 2.75) is 13.3 Å². The first-order valence-electron chi connectivity index (χ1n) is 5.20. The molecule has 0 saturated heterocycles. The normalized spacial score (nSPS) is 11.4. The van der Waals surface area contributed by atoms with E-state index in [-0.39, 0.29) is 11.0 Å². The third kappa shape index (κ3) is 3.57. The minimum absolute atomic E-state index is 0.0870. The fourth-order valence-electron chi connectivity index (χ4n) is 1.58. The lowest BCUT2D eigenvalue weighted by molar-refractivity contribution is -0.274. The number of aryl methyl sites for hydroxylation is 1. The van der Waals surface area contributed by atoms with Gasteiger partial charge >= 0.3 is 6.36 Å². The lowest BCUT2D eigenvalue weighted by atomic mass is 10.1. The summed E-state index contributed by atoms with van der Waals surface area (Å²) < 4.78 is 40.3. The molecule has 0 aliphatic rings. The minimum atomic E-state index is -4.72. The van der Waals surface area contributed by atoms with Crippen LogP contribution in [-0.4, -0.2) is 16.3 Å². The molecule has 0 aliphatic heterocycles. The Balaban J connectivity index is 2.38. The van der Waals surface area contributed by atoms with Gasteiger partial charge in [-0.15, -0.1) is 13.2 Å². The second-order valence-electron chi connectivity index (χ2n) is 3.71. The van der Waals surface area contributed by atoms with Gasteiger partial charge in [-0.1, -0.05) is 12.1 Å². The molecule has 7 heteroatoms. The highest BCUT2D eigenvalue weighted by Gasteiger charge is 2.31. The molecule has 0 radical (unpaired) electrons. The molecule has 3 nitrogen and oxygen atoms in total. The third-order valence-corrected chi connectivity index (χ3v) is 2.51. The van der Waals surface area contributed by atoms with Crippen molar-refractivity contribution in [3.05, 3.63) is 41.4 Å². The first-order valence-corrected chi connectivity index (χ1v) is 5.58. The Morgan fingerprint density at radius 3 is 2.63 bits per heavy atom. The van der Waals surface area contributed by atoms with Crippen molar-refractivity contribution in [2.24, 2.45) is 0 Å². The van der Waals surface area contributed by atoms with E-state index in [1.54, 1.807) is 13.0 Å². The fourth-order valence-corrected chi connectivity index (χ4v) is 1.76. The van der Waals surface area contributed by atoms with Gasteiger partial charge in [-0.25, -0.2) is 9.97 Å². The SMILES string of the molecule is Cc1nc(Cl)ncc1-c1cccc(OC(F)(F)F)c1. The molecule has 19 heavy (non-hydrogen) atoms. The molecule has 1 aromatic carbocycles. The largest absolute Gasteiger partial charge is 0.573 e. The molecule has 100 valence electrons. The van der Waals surface area contributed by atoms with Crippen molar-refractivity contribution in [3.8, 4) is 16.9 Å². The van der Waals surface area contributed by atoms with Crippen molar-refractivity contribution in [2.75, 3.05) is 0 Å². The van der Waals surface area contributed by atoms with Crippen LogP contribution in [-0.2, 0) is 0 Å². The van der Waals surface area contributed by atoms with Crippen LogP contribution < -0.4 is 4.74 Å². The number of aromatic nitrogens is 2. The second kappa shape index (κ2) is 5.05. The summed E-state index contributed by atoms with van der Waals surface area (Å²) in [6.07, 6.45) is -3.26. The molecule has 0 bridgehead atoms. The van der Waals surface area contributed by atoms with Crippen LogP contribution in [0.15, 0.2) is 30.5 Å². The quantitative estimate of drug-likeness (QED) is 0.783. The molecule has 2 rings (SSSR count). The number of hydrogen-bond acceptors (Lipinski definition) is 3. The fraction of sp³-hybridized carbons (Fsp3) is 0.167. The van der Waals surface area contributed by atoms with Crippen LogP contribution >= 0.6 is 11.6 Å². The summed E-state index contributed by atoms with van der Waals surface area (Å²) in [6.45, 7) is 1.69. The van der Waals surface area contributed by atoms with Gasteiger partial charge in [0.05, 0.1) is 5.69 Å². The van der Waals surface area contributed by atoms with Crippen LogP contribution in [0.5, 0.6) is 5.75 Å². The minimum Gasteiger partial charge on any atom is -0.406 e. The zero-order valence-electron chi connectivity index (χ0n) is 9.70. The molecule has 0 fully saturated rings. The second-order valence-corrected chi connectivity index (χ2v) is 4.05. The van der Waals surface area contributed by atoms with E-state index in [1.807, 2.05) is 0 Å². The van der Waals surface area contributed by atoms with Gasteiger partial charge in [0, 0.05) is 11.8 Å². The number of halogens is 4. The first-order chi connectivity index (χ1) is 8.85. The average molecular weight is 289 g/mol. The highest BCUT2D eigenvalue weighted by atomic mass is 35.5. The van der Waals surface area contributed by atoms with Crippen LogP contribution in [0.3, 0.4) is 0 Å². The molecule has 0 amide bonds. The van der Waals surface area contributed by atoms with Crippen LogP contribution in [0.25, 0.3) is 11.1 Å². The van der Waals surface area contributed by atoms with Crippen molar-refractivity contribution < 1.29 is 17.9 Å². The van der Waals surface area contributed by atoms with E-state index in [0.29, 0.717) is 16.8 Å². The number of nitrogens with zero attached hydrogens (tertiary/aromatic N) is 2. The van der Waals surface area contributed by atoms with E-state index >= 15 is 0 Å². The number of benzene rings is 1. The summed E-state index contributed by atoms with van der Waals surface area (Å²) in [4.78, 5) is 7.76. The molecule has 0 atom stereocenters. The van der Waals surface area contributed by atoms with E-state index in [2.05, 4.69) is 14.7 Å². The van der Waals surface area contributed by atoms with Gasteiger partial charge in [0.2, 0.25) is 5.28 Å². The number of rotatable bonds is 2. The van der Waals surface area contributed by atoms with Crippen molar-refractivity contribution >= 4 is 11.6 Å². The third-order valence-electron chi connectivity index (χ3n) is 2.33. The smallest absolute Gasteiger partial charge is 0.406 e. The Morgan fingerprint density at radius 1 is 1.26 bits per heavy atom. The molecule has 0 spiro atoms. The van der Waals surface area contributed by atoms with Gasteiger partial charge in [0.25, 0.3) is 0 Å². The van der Waals surface area contributed by atoms with E-state index < -0.39 is 6.36 Å². The van der Waals surface area contributed by atoms with E-state index in [9.17, 15) is 13.2 Å². The van der Waals surface area contributed by atoms with E-state index in [0.717, 1.165) is 0 Å². The topological polar surface area (TPSA) is 35.0 Å². The summed E-state index contributed by atoms with van der Waals surface area (Å²) in [5, 5.41) is 0.0870. The molecule has 1 aromatic heterocycles.